The van der Waals surface area contributed by atoms with E-state index in [4.69, 9.17) is 28.8 Å². The van der Waals surface area contributed by atoms with Gasteiger partial charge in [0.05, 0.1) is 13.2 Å². The van der Waals surface area contributed by atoms with Crippen molar-refractivity contribution in [2.45, 2.75) is 154 Å². The van der Waals surface area contributed by atoms with E-state index < -0.39 is 80.6 Å². The van der Waals surface area contributed by atoms with Crippen LogP contribution in [0.5, 0.6) is 0 Å². The SMILES string of the molecule is CCCCCCCCC(=O)O[C@@H]1[C@H](OC[C@H](O)[C@H](O)CO)O[C@H](COC(C)=O)[C@@H](O)[C@@H]1OC(=O)CCCCCCCC. The van der Waals surface area contributed by atoms with Crippen molar-refractivity contribution in [2.24, 2.45) is 0 Å². The number of unbranched alkanes of at least 4 members (excludes halogenated alkanes) is 10. The Bertz CT molecular complexity index is 748. The third kappa shape index (κ3) is 15.6. The van der Waals surface area contributed by atoms with Crippen molar-refractivity contribution in [3.05, 3.63) is 0 Å². The van der Waals surface area contributed by atoms with Crippen LogP contribution in [-0.2, 0) is 38.1 Å². The molecule has 0 aromatic carbocycles. The van der Waals surface area contributed by atoms with Gasteiger partial charge >= 0.3 is 17.9 Å². The summed E-state index contributed by atoms with van der Waals surface area (Å²) in [5, 5.41) is 40.1. The van der Waals surface area contributed by atoms with E-state index in [0.29, 0.717) is 12.8 Å². The molecule has 0 aromatic rings. The molecule has 1 fully saturated rings. The van der Waals surface area contributed by atoms with Crippen LogP contribution >= 0.6 is 0 Å². The summed E-state index contributed by atoms with van der Waals surface area (Å²) in [6, 6.07) is 0. The normalized spacial score (nSPS) is 23.6. The molecule has 1 aliphatic heterocycles. The smallest absolute Gasteiger partial charge is 0.306 e. The predicted molar refractivity (Wildman–Crippen MR) is 152 cm³/mol. The number of rotatable bonds is 23. The van der Waals surface area contributed by atoms with Gasteiger partial charge in [-0.2, -0.15) is 0 Å². The average Bonchev–Trinajstić information content (AvgIpc) is 2.96. The number of aliphatic hydroxyl groups is 4. The van der Waals surface area contributed by atoms with E-state index in [9.17, 15) is 29.7 Å². The zero-order chi connectivity index (χ0) is 31.3. The Morgan fingerprint density at radius 2 is 1.26 bits per heavy atom. The van der Waals surface area contributed by atoms with Gasteiger partial charge in [0.1, 0.15) is 31.0 Å². The van der Waals surface area contributed by atoms with E-state index >= 15 is 0 Å². The molecule has 246 valence electrons. The van der Waals surface area contributed by atoms with Crippen molar-refractivity contribution in [3.8, 4) is 0 Å². The molecule has 0 aliphatic carbocycles. The van der Waals surface area contributed by atoms with Gasteiger partial charge in [0, 0.05) is 19.8 Å². The van der Waals surface area contributed by atoms with Crippen LogP contribution < -0.4 is 0 Å². The van der Waals surface area contributed by atoms with Crippen LogP contribution in [0, 0.1) is 0 Å². The first-order valence-electron chi connectivity index (χ1n) is 15.6. The molecule has 1 aliphatic rings. The summed E-state index contributed by atoms with van der Waals surface area (Å²) in [5.41, 5.74) is 0. The maximum absolute atomic E-state index is 12.8. The minimum absolute atomic E-state index is 0.0899. The van der Waals surface area contributed by atoms with Gasteiger partial charge in [-0.05, 0) is 12.8 Å². The Morgan fingerprint density at radius 1 is 0.762 bits per heavy atom. The predicted octanol–water partition coefficient (Wildman–Crippen LogP) is 2.69. The number of carbonyl (C=O) groups is 3. The van der Waals surface area contributed by atoms with Crippen molar-refractivity contribution >= 4 is 17.9 Å². The van der Waals surface area contributed by atoms with Crippen molar-refractivity contribution in [1.29, 1.82) is 0 Å². The second-order valence-electron chi connectivity index (χ2n) is 10.9. The molecule has 1 heterocycles. The van der Waals surface area contributed by atoms with E-state index in [2.05, 4.69) is 13.8 Å². The molecule has 0 aromatic heterocycles. The molecule has 12 nitrogen and oxygen atoms in total. The first-order valence-corrected chi connectivity index (χ1v) is 15.6. The number of carbonyl (C=O) groups excluding carboxylic acids is 3. The summed E-state index contributed by atoms with van der Waals surface area (Å²) >= 11 is 0. The molecule has 0 amide bonds. The minimum Gasteiger partial charge on any atom is -0.463 e. The maximum atomic E-state index is 12.8. The topological polar surface area (TPSA) is 178 Å². The van der Waals surface area contributed by atoms with Crippen LogP contribution in [0.2, 0.25) is 0 Å². The standard InChI is InChI=1S/C30H54O12/c1-4-6-8-10-12-14-16-25(35)41-28-27(37)24(20-38-21(3)32)40-30(39-19-23(34)22(33)18-31)29(28)42-26(36)17-15-13-11-9-7-5-2/h22-24,27-31,33-34,37H,4-20H2,1-3H3/t22-,23+,24-,27-,28+,29+,30-/m1/s1. The van der Waals surface area contributed by atoms with Gasteiger partial charge in [-0.3, -0.25) is 14.4 Å². The van der Waals surface area contributed by atoms with Gasteiger partial charge in [-0.1, -0.05) is 78.1 Å². The van der Waals surface area contributed by atoms with Crippen molar-refractivity contribution in [1.82, 2.24) is 0 Å². The Kier molecular flexibility index (Phi) is 20.6. The lowest BCUT2D eigenvalue weighted by Crippen LogP contribution is -2.62. The summed E-state index contributed by atoms with van der Waals surface area (Å²) in [6.45, 7) is 3.76. The summed E-state index contributed by atoms with van der Waals surface area (Å²) in [6.07, 6.45) is 1.61. The molecule has 1 rings (SSSR count). The number of hydrogen-bond acceptors (Lipinski definition) is 12. The summed E-state index contributed by atoms with van der Waals surface area (Å²) in [4.78, 5) is 37.1. The van der Waals surface area contributed by atoms with E-state index in [1.165, 1.54) is 6.92 Å². The van der Waals surface area contributed by atoms with E-state index in [1.807, 2.05) is 0 Å². The number of esters is 3. The zero-order valence-corrected chi connectivity index (χ0v) is 25.6. The molecule has 0 saturated carbocycles. The summed E-state index contributed by atoms with van der Waals surface area (Å²) in [5.74, 6) is -1.84. The molecule has 4 N–H and O–H groups in total. The lowest BCUT2D eigenvalue weighted by molar-refractivity contribution is -0.311. The first-order chi connectivity index (χ1) is 20.1. The van der Waals surface area contributed by atoms with E-state index in [0.717, 1.165) is 64.2 Å². The minimum atomic E-state index is -1.53. The van der Waals surface area contributed by atoms with Gasteiger partial charge in [0.25, 0.3) is 0 Å². The quantitative estimate of drug-likeness (QED) is 0.0760. The van der Waals surface area contributed by atoms with Crippen molar-refractivity contribution in [2.75, 3.05) is 19.8 Å². The summed E-state index contributed by atoms with van der Waals surface area (Å²) < 4.78 is 27.7. The Morgan fingerprint density at radius 3 is 1.76 bits per heavy atom. The van der Waals surface area contributed by atoms with Crippen LogP contribution in [0.1, 0.15) is 111 Å². The first kappa shape index (κ1) is 38.2. The van der Waals surface area contributed by atoms with E-state index in [-0.39, 0.29) is 12.8 Å². The Labute approximate surface area is 250 Å². The third-order valence-corrected chi connectivity index (χ3v) is 7.14. The molecule has 0 spiro atoms. The molecule has 0 unspecified atom stereocenters. The van der Waals surface area contributed by atoms with Crippen molar-refractivity contribution in [3.63, 3.8) is 0 Å². The molecule has 0 radical (unpaired) electrons. The number of hydrogen-bond donors (Lipinski definition) is 4. The van der Waals surface area contributed by atoms with Gasteiger partial charge in [0.15, 0.2) is 18.5 Å². The van der Waals surface area contributed by atoms with Gasteiger partial charge in [-0.15, -0.1) is 0 Å². The highest BCUT2D eigenvalue weighted by Gasteiger charge is 2.51. The fourth-order valence-electron chi connectivity index (χ4n) is 4.57. The van der Waals surface area contributed by atoms with Gasteiger partial charge in [0.2, 0.25) is 0 Å². The Hall–Kier alpha value is -1.83. The number of aliphatic hydroxyl groups excluding tert-OH is 4. The lowest BCUT2D eigenvalue weighted by atomic mass is 9.98. The van der Waals surface area contributed by atoms with Crippen LogP contribution in [0.4, 0.5) is 0 Å². The largest absolute Gasteiger partial charge is 0.463 e. The van der Waals surface area contributed by atoms with Gasteiger partial charge < -0.3 is 44.1 Å². The van der Waals surface area contributed by atoms with E-state index in [1.54, 1.807) is 0 Å². The van der Waals surface area contributed by atoms with Crippen LogP contribution in [0.25, 0.3) is 0 Å². The molecule has 0 bridgehead atoms. The number of ether oxygens (including phenoxy) is 5. The van der Waals surface area contributed by atoms with Crippen LogP contribution in [-0.4, -0.2) is 101 Å². The molecule has 42 heavy (non-hydrogen) atoms. The molecular formula is C30H54O12. The molecular weight excluding hydrogens is 552 g/mol. The molecule has 12 heteroatoms. The van der Waals surface area contributed by atoms with Crippen LogP contribution in [0.3, 0.4) is 0 Å². The second-order valence-corrected chi connectivity index (χ2v) is 10.9. The van der Waals surface area contributed by atoms with Crippen LogP contribution in [0.15, 0.2) is 0 Å². The maximum Gasteiger partial charge on any atom is 0.306 e. The monoisotopic (exact) mass is 606 g/mol. The lowest BCUT2D eigenvalue weighted by Gasteiger charge is -2.43. The fraction of sp³-hybridized carbons (Fsp3) is 0.900. The zero-order valence-electron chi connectivity index (χ0n) is 25.6. The molecule has 1 saturated heterocycles. The second kappa shape index (κ2) is 22.7. The van der Waals surface area contributed by atoms with Gasteiger partial charge in [-0.25, -0.2) is 0 Å². The molecule has 7 atom stereocenters. The van der Waals surface area contributed by atoms with Crippen molar-refractivity contribution < 1.29 is 58.5 Å². The highest BCUT2D eigenvalue weighted by molar-refractivity contribution is 5.71. The average molecular weight is 607 g/mol. The highest BCUT2D eigenvalue weighted by atomic mass is 16.7. The highest BCUT2D eigenvalue weighted by Crippen LogP contribution is 2.29. The Balaban J connectivity index is 3.03. The third-order valence-electron chi connectivity index (χ3n) is 7.14. The summed E-state index contributed by atoms with van der Waals surface area (Å²) in [7, 11) is 0. The fourth-order valence-corrected chi connectivity index (χ4v) is 4.57.